The van der Waals surface area contributed by atoms with E-state index in [1.807, 2.05) is 0 Å². The van der Waals surface area contributed by atoms with Crippen LogP contribution >= 0.6 is 11.3 Å². The molecule has 0 spiro atoms. The lowest BCUT2D eigenvalue weighted by Crippen LogP contribution is -2.27. The van der Waals surface area contributed by atoms with Crippen molar-refractivity contribution in [2.75, 3.05) is 26.0 Å². The van der Waals surface area contributed by atoms with Crippen LogP contribution in [-0.2, 0) is 9.53 Å². The lowest BCUT2D eigenvalue weighted by molar-refractivity contribution is -0.121. The highest BCUT2D eigenvalue weighted by Crippen LogP contribution is 2.49. The number of rotatable bonds is 5. The molecule has 2 aliphatic rings. The summed E-state index contributed by atoms with van der Waals surface area (Å²) in [7, 11) is 3.33. The van der Waals surface area contributed by atoms with Crippen LogP contribution in [0.3, 0.4) is 0 Å². The van der Waals surface area contributed by atoms with Gasteiger partial charge < -0.3 is 15.0 Å². The molecule has 3 rings (SSSR count). The van der Waals surface area contributed by atoms with Crippen molar-refractivity contribution in [2.24, 2.45) is 17.8 Å². The van der Waals surface area contributed by atoms with Crippen LogP contribution in [0.25, 0.3) is 0 Å². The van der Waals surface area contributed by atoms with Gasteiger partial charge in [0, 0.05) is 20.0 Å². The zero-order valence-corrected chi connectivity index (χ0v) is 16.6. The summed E-state index contributed by atoms with van der Waals surface area (Å²) >= 11 is 1.16. The Bertz CT molecular complexity index is 740. The maximum atomic E-state index is 12.8. The smallest absolute Gasteiger partial charge is 0.341 e. The standard InChI is InChI=1S/C19H26N2O4S/c1-5-25-19(24)14-10(2)15(18(23)21(3)4)26-17(14)20-16(22)13-9-11-6-7-12(13)8-11/h11-13H,5-9H2,1-4H3,(H,20,22)/t11-,12+,13+/m0/s1. The summed E-state index contributed by atoms with van der Waals surface area (Å²) in [6, 6.07) is 0. The Morgan fingerprint density at radius 1 is 1.23 bits per heavy atom. The fourth-order valence-corrected chi connectivity index (χ4v) is 5.45. The van der Waals surface area contributed by atoms with Gasteiger partial charge in [-0.25, -0.2) is 4.79 Å². The van der Waals surface area contributed by atoms with Crippen molar-refractivity contribution in [3.05, 3.63) is 16.0 Å². The predicted octanol–water partition coefficient (Wildman–Crippen LogP) is 3.31. The van der Waals surface area contributed by atoms with E-state index in [1.54, 1.807) is 27.9 Å². The number of thiophene rings is 1. The first-order valence-corrected chi connectivity index (χ1v) is 9.98. The molecule has 2 amide bonds. The maximum absolute atomic E-state index is 12.8. The van der Waals surface area contributed by atoms with Gasteiger partial charge in [-0.15, -0.1) is 11.3 Å². The van der Waals surface area contributed by atoms with E-state index in [4.69, 9.17) is 4.74 Å². The molecule has 1 heterocycles. The predicted molar refractivity (Wildman–Crippen MR) is 101 cm³/mol. The molecule has 7 heteroatoms. The molecule has 142 valence electrons. The van der Waals surface area contributed by atoms with Gasteiger partial charge in [0.1, 0.15) is 5.00 Å². The Hall–Kier alpha value is -1.89. The quantitative estimate of drug-likeness (QED) is 0.798. The Morgan fingerprint density at radius 2 is 1.96 bits per heavy atom. The molecule has 1 N–H and O–H groups in total. The second-order valence-corrected chi connectivity index (χ2v) is 8.47. The summed E-state index contributed by atoms with van der Waals surface area (Å²) in [5, 5.41) is 3.37. The van der Waals surface area contributed by atoms with Gasteiger partial charge in [-0.2, -0.15) is 0 Å². The van der Waals surface area contributed by atoms with E-state index < -0.39 is 5.97 Å². The van der Waals surface area contributed by atoms with Crippen molar-refractivity contribution >= 4 is 34.1 Å². The van der Waals surface area contributed by atoms with Crippen LogP contribution in [0.1, 0.15) is 58.2 Å². The molecule has 2 aliphatic carbocycles. The van der Waals surface area contributed by atoms with Crippen molar-refractivity contribution in [3.63, 3.8) is 0 Å². The topological polar surface area (TPSA) is 75.7 Å². The van der Waals surface area contributed by atoms with Crippen molar-refractivity contribution in [2.45, 2.75) is 39.5 Å². The molecule has 2 fully saturated rings. The van der Waals surface area contributed by atoms with Crippen molar-refractivity contribution in [1.29, 1.82) is 0 Å². The molecule has 0 aliphatic heterocycles. The average molecular weight is 378 g/mol. The molecule has 0 saturated heterocycles. The largest absolute Gasteiger partial charge is 0.462 e. The van der Waals surface area contributed by atoms with Gasteiger partial charge >= 0.3 is 5.97 Å². The second kappa shape index (κ2) is 7.39. The summed E-state index contributed by atoms with van der Waals surface area (Å²) in [5.41, 5.74) is 0.869. The molecule has 2 saturated carbocycles. The SMILES string of the molecule is CCOC(=O)c1c(NC(=O)[C@@H]2C[C@H]3CC[C@@H]2C3)sc(C(=O)N(C)C)c1C. The van der Waals surface area contributed by atoms with Gasteiger partial charge in [0.05, 0.1) is 17.0 Å². The van der Waals surface area contributed by atoms with Gasteiger partial charge in [-0.05, 0) is 50.5 Å². The van der Waals surface area contributed by atoms with Crippen molar-refractivity contribution in [1.82, 2.24) is 4.90 Å². The average Bonchev–Trinajstić information content (AvgIpc) is 3.28. The van der Waals surface area contributed by atoms with Crippen molar-refractivity contribution in [3.8, 4) is 0 Å². The summed E-state index contributed by atoms with van der Waals surface area (Å²) in [6.45, 7) is 3.70. The summed E-state index contributed by atoms with van der Waals surface area (Å²) in [6.07, 6.45) is 4.40. The van der Waals surface area contributed by atoms with Gasteiger partial charge in [-0.3, -0.25) is 9.59 Å². The number of ether oxygens (including phenoxy) is 1. The summed E-state index contributed by atoms with van der Waals surface area (Å²) in [5.74, 6) is 0.416. The lowest BCUT2D eigenvalue weighted by Gasteiger charge is -2.20. The minimum absolute atomic E-state index is 0.0131. The van der Waals surface area contributed by atoms with Crippen LogP contribution in [0.2, 0.25) is 0 Å². The van der Waals surface area contributed by atoms with E-state index >= 15 is 0 Å². The monoisotopic (exact) mass is 378 g/mol. The zero-order valence-electron chi connectivity index (χ0n) is 15.8. The minimum atomic E-state index is -0.498. The molecule has 6 nitrogen and oxygen atoms in total. The number of hydrogen-bond donors (Lipinski definition) is 1. The second-order valence-electron chi connectivity index (χ2n) is 7.45. The van der Waals surface area contributed by atoms with Gasteiger partial charge in [0.25, 0.3) is 5.91 Å². The normalized spacial score (nSPS) is 23.8. The molecule has 2 bridgehead atoms. The van der Waals surface area contributed by atoms with Crippen LogP contribution in [-0.4, -0.2) is 43.4 Å². The molecule has 1 aromatic heterocycles. The Kier molecular flexibility index (Phi) is 5.37. The molecule has 0 radical (unpaired) electrons. The van der Waals surface area contributed by atoms with Crippen LogP contribution in [0.4, 0.5) is 5.00 Å². The first kappa shape index (κ1) is 18.9. The Labute approximate surface area is 157 Å². The third kappa shape index (κ3) is 3.37. The van der Waals surface area contributed by atoms with Crippen LogP contribution in [0.15, 0.2) is 0 Å². The van der Waals surface area contributed by atoms with Crippen molar-refractivity contribution < 1.29 is 19.1 Å². The van der Waals surface area contributed by atoms with E-state index in [0.717, 1.165) is 30.6 Å². The number of amides is 2. The fraction of sp³-hybridized carbons (Fsp3) is 0.632. The van der Waals surface area contributed by atoms with Gasteiger partial charge in [0.2, 0.25) is 5.91 Å². The minimum Gasteiger partial charge on any atom is -0.462 e. The number of fused-ring (bicyclic) bond motifs is 2. The molecule has 0 aromatic carbocycles. The summed E-state index contributed by atoms with van der Waals surface area (Å²) in [4.78, 5) is 39.6. The lowest BCUT2D eigenvalue weighted by atomic mass is 9.88. The van der Waals surface area contributed by atoms with E-state index in [2.05, 4.69) is 5.32 Å². The number of esters is 1. The van der Waals surface area contributed by atoms with Crippen LogP contribution in [0.5, 0.6) is 0 Å². The molecular weight excluding hydrogens is 352 g/mol. The zero-order chi connectivity index (χ0) is 19.0. The van der Waals surface area contributed by atoms with Crippen LogP contribution < -0.4 is 5.32 Å². The molecule has 0 unspecified atom stereocenters. The van der Waals surface area contributed by atoms with E-state index in [0.29, 0.717) is 32.8 Å². The maximum Gasteiger partial charge on any atom is 0.341 e. The highest BCUT2D eigenvalue weighted by atomic mass is 32.1. The third-order valence-corrected chi connectivity index (χ3v) is 6.73. The number of hydrogen-bond acceptors (Lipinski definition) is 5. The molecule has 26 heavy (non-hydrogen) atoms. The van der Waals surface area contributed by atoms with Gasteiger partial charge in [-0.1, -0.05) is 6.42 Å². The Morgan fingerprint density at radius 3 is 2.50 bits per heavy atom. The number of nitrogens with one attached hydrogen (secondary N) is 1. The molecule has 3 atom stereocenters. The Balaban J connectivity index is 1.89. The third-order valence-electron chi connectivity index (χ3n) is 5.54. The van der Waals surface area contributed by atoms with E-state index in [1.165, 1.54) is 11.3 Å². The summed E-state index contributed by atoms with van der Waals surface area (Å²) < 4.78 is 5.15. The first-order valence-electron chi connectivity index (χ1n) is 9.16. The molecular formula is C19H26N2O4S. The highest BCUT2D eigenvalue weighted by Gasteiger charge is 2.43. The number of anilines is 1. The van der Waals surface area contributed by atoms with Gasteiger partial charge in [0.15, 0.2) is 0 Å². The first-order chi connectivity index (χ1) is 12.3. The number of nitrogens with zero attached hydrogens (tertiary/aromatic N) is 1. The number of carbonyl (C=O) groups excluding carboxylic acids is 3. The van der Waals surface area contributed by atoms with E-state index in [9.17, 15) is 14.4 Å². The fourth-order valence-electron chi connectivity index (χ4n) is 4.23. The number of carbonyl (C=O) groups is 3. The molecule has 1 aromatic rings. The van der Waals surface area contributed by atoms with E-state index in [-0.39, 0.29) is 24.3 Å². The highest BCUT2D eigenvalue weighted by molar-refractivity contribution is 7.18. The van der Waals surface area contributed by atoms with Crippen LogP contribution in [0, 0.1) is 24.7 Å².